The predicted octanol–water partition coefficient (Wildman–Crippen LogP) is 5.52. The smallest absolute Gasteiger partial charge is 0.273 e. The lowest BCUT2D eigenvalue weighted by molar-refractivity contribution is 0.0466. The van der Waals surface area contributed by atoms with Crippen molar-refractivity contribution in [1.29, 1.82) is 0 Å². The van der Waals surface area contributed by atoms with Gasteiger partial charge in [0.1, 0.15) is 22.5 Å². The number of nitrogens with two attached hydrogens (primary N) is 1. The molecule has 0 radical (unpaired) electrons. The minimum absolute atomic E-state index is 0.0163. The van der Waals surface area contributed by atoms with Crippen LogP contribution in [0.25, 0.3) is 33.5 Å². The van der Waals surface area contributed by atoms with E-state index in [1.54, 1.807) is 12.5 Å². The number of hydrogen-bond donors (Lipinski definition) is 1. The zero-order valence-corrected chi connectivity index (χ0v) is 27.7. The number of para-hydroxylation sites is 1. The van der Waals surface area contributed by atoms with E-state index in [1.165, 1.54) is 29.7 Å². The summed E-state index contributed by atoms with van der Waals surface area (Å²) in [7, 11) is 1.67. The maximum absolute atomic E-state index is 14.3. The number of imidazole rings is 1. The van der Waals surface area contributed by atoms with E-state index >= 15 is 0 Å². The van der Waals surface area contributed by atoms with E-state index in [2.05, 4.69) is 44.5 Å². The van der Waals surface area contributed by atoms with Crippen LogP contribution in [-0.2, 0) is 13.1 Å². The number of rotatable bonds is 8. The molecule has 2 saturated heterocycles. The van der Waals surface area contributed by atoms with Crippen molar-refractivity contribution in [3.8, 4) is 17.3 Å². The van der Waals surface area contributed by atoms with Crippen LogP contribution in [0.15, 0.2) is 47.8 Å². The number of aromatic nitrogens is 4. The lowest BCUT2D eigenvalue weighted by Gasteiger charge is -2.39. The molecule has 2 aliphatic heterocycles. The van der Waals surface area contributed by atoms with Gasteiger partial charge in [-0.1, -0.05) is 29.8 Å². The Morgan fingerprint density at radius 3 is 2.49 bits per heavy atom. The molecule has 2 aromatic carbocycles. The first-order chi connectivity index (χ1) is 22.9. The molecule has 2 amide bonds. The molecule has 5 heterocycles. The summed E-state index contributed by atoms with van der Waals surface area (Å²) in [5, 5.41) is 2.87. The molecule has 2 unspecified atom stereocenters. The Hall–Kier alpha value is -3.93. The normalized spacial score (nSPS) is 22.5. The van der Waals surface area contributed by atoms with Crippen molar-refractivity contribution < 1.29 is 14.3 Å². The van der Waals surface area contributed by atoms with Gasteiger partial charge in [0.05, 0.1) is 18.4 Å². The van der Waals surface area contributed by atoms with Crippen molar-refractivity contribution in [1.82, 2.24) is 28.9 Å². The number of nitrogens with zero attached hydrogens (tertiary/aromatic N) is 6. The highest BCUT2D eigenvalue weighted by atomic mass is 35.5. The zero-order valence-electron chi connectivity index (χ0n) is 26.1. The third-order valence-electron chi connectivity index (χ3n) is 10.8. The SMILES string of the molecule is COc1ccc(C(=O)N2CC3CCC2[C@@H]3N)c2nc(-c3cc4ccccc4n3CC3CC3)n(CC3CN(C(=O)c4csc(Cl)n4)C3)c12. The number of methoxy groups -OCH3 is 1. The van der Waals surface area contributed by atoms with Gasteiger partial charge in [-0.15, -0.1) is 11.3 Å². The molecule has 0 spiro atoms. The van der Waals surface area contributed by atoms with E-state index in [4.69, 9.17) is 27.1 Å². The Bertz CT molecular complexity index is 2060. The molecule has 5 aromatic rings. The van der Waals surface area contributed by atoms with Crippen LogP contribution in [0.4, 0.5) is 0 Å². The minimum atomic E-state index is -0.103. The number of carbonyl (C=O) groups is 2. The van der Waals surface area contributed by atoms with Crippen molar-refractivity contribution in [3.63, 3.8) is 0 Å². The second kappa shape index (κ2) is 11.1. The van der Waals surface area contributed by atoms with E-state index in [9.17, 15) is 9.59 Å². The van der Waals surface area contributed by atoms with Crippen molar-refractivity contribution in [2.45, 2.75) is 50.9 Å². The highest BCUT2D eigenvalue weighted by Crippen LogP contribution is 2.42. The largest absolute Gasteiger partial charge is 0.494 e. The van der Waals surface area contributed by atoms with Crippen molar-refractivity contribution in [2.75, 3.05) is 26.7 Å². The summed E-state index contributed by atoms with van der Waals surface area (Å²) in [6.07, 6.45) is 4.48. The summed E-state index contributed by atoms with van der Waals surface area (Å²) in [5.74, 6) is 2.55. The number of likely N-dealkylation sites (tertiary alicyclic amines) is 2. The predicted molar refractivity (Wildman–Crippen MR) is 182 cm³/mol. The molecule has 242 valence electrons. The van der Waals surface area contributed by atoms with E-state index in [0.29, 0.717) is 65.0 Å². The van der Waals surface area contributed by atoms with Gasteiger partial charge in [0, 0.05) is 67.0 Å². The molecule has 47 heavy (non-hydrogen) atoms. The summed E-state index contributed by atoms with van der Waals surface area (Å²) in [4.78, 5) is 40.7. The van der Waals surface area contributed by atoms with Gasteiger partial charge in [-0.3, -0.25) is 9.59 Å². The van der Waals surface area contributed by atoms with Crippen LogP contribution >= 0.6 is 22.9 Å². The quantitative estimate of drug-likeness (QED) is 0.233. The summed E-state index contributed by atoms with van der Waals surface area (Å²) in [6, 6.07) is 14.6. The summed E-state index contributed by atoms with van der Waals surface area (Å²) >= 11 is 7.27. The van der Waals surface area contributed by atoms with Crippen LogP contribution in [0.5, 0.6) is 5.75 Å². The number of halogens is 1. The first kappa shape index (κ1) is 29.2. The standard InChI is InChI=1S/C35H36ClN7O3S/c1-46-28-11-9-23(33(44)42-17-22-8-10-26(42)29(22)37)30-31(28)43(16-20-13-40(14-20)34(45)24-18-47-35(36)38-24)32(39-30)27-12-21-4-2-3-5-25(21)41(27)15-19-6-7-19/h2-5,9,11-12,18-20,22,26,29H,6-8,10,13-17,37H2,1H3/t22?,26?,29-/m1/s1. The molecular formula is C35H36ClN7O3S. The molecule has 4 aliphatic rings. The van der Waals surface area contributed by atoms with E-state index in [-0.39, 0.29) is 29.8 Å². The molecule has 4 fully saturated rings. The zero-order chi connectivity index (χ0) is 32.0. The van der Waals surface area contributed by atoms with Gasteiger partial charge in [-0.05, 0) is 61.8 Å². The topological polar surface area (TPSA) is 112 Å². The second-order valence-corrected chi connectivity index (χ2v) is 15.1. The summed E-state index contributed by atoms with van der Waals surface area (Å²) in [6.45, 7) is 3.41. The first-order valence-corrected chi connectivity index (χ1v) is 17.8. The Morgan fingerprint density at radius 1 is 0.979 bits per heavy atom. The maximum atomic E-state index is 14.3. The fourth-order valence-electron chi connectivity index (χ4n) is 8.13. The molecule has 2 saturated carbocycles. The molecule has 2 bridgehead atoms. The number of thiazole rings is 1. The Morgan fingerprint density at radius 2 is 1.79 bits per heavy atom. The van der Waals surface area contributed by atoms with E-state index in [0.717, 1.165) is 41.8 Å². The molecule has 10 nitrogen and oxygen atoms in total. The van der Waals surface area contributed by atoms with Gasteiger partial charge >= 0.3 is 0 Å². The fraction of sp³-hybridized carbons (Fsp3) is 0.429. The number of benzene rings is 2. The van der Waals surface area contributed by atoms with Crippen LogP contribution in [-0.4, -0.2) is 79.5 Å². The van der Waals surface area contributed by atoms with E-state index in [1.807, 2.05) is 21.9 Å². The lowest BCUT2D eigenvalue weighted by atomic mass is 9.99. The number of piperidine rings is 1. The van der Waals surface area contributed by atoms with Gasteiger partial charge in [0.2, 0.25) is 0 Å². The molecule has 3 atom stereocenters. The Labute approximate surface area is 281 Å². The molecule has 9 rings (SSSR count). The highest BCUT2D eigenvalue weighted by Gasteiger charge is 2.47. The summed E-state index contributed by atoms with van der Waals surface area (Å²) in [5.41, 5.74) is 11.2. The van der Waals surface area contributed by atoms with Crippen LogP contribution < -0.4 is 10.5 Å². The van der Waals surface area contributed by atoms with Crippen molar-refractivity contribution >= 4 is 56.7 Å². The van der Waals surface area contributed by atoms with Gasteiger partial charge in [-0.2, -0.15) is 0 Å². The van der Waals surface area contributed by atoms with Crippen LogP contribution in [0.3, 0.4) is 0 Å². The Kier molecular flexibility index (Phi) is 6.88. The number of ether oxygens (including phenoxy) is 1. The van der Waals surface area contributed by atoms with Crippen LogP contribution in [0.2, 0.25) is 4.47 Å². The van der Waals surface area contributed by atoms with Crippen molar-refractivity contribution in [2.24, 2.45) is 23.5 Å². The summed E-state index contributed by atoms with van der Waals surface area (Å²) < 4.78 is 11.0. The number of fused-ring (bicyclic) bond motifs is 4. The van der Waals surface area contributed by atoms with Gasteiger partial charge < -0.3 is 29.4 Å². The molecule has 12 heteroatoms. The third-order valence-corrected chi connectivity index (χ3v) is 11.8. The molecular weight excluding hydrogens is 634 g/mol. The fourth-order valence-corrected chi connectivity index (χ4v) is 8.87. The maximum Gasteiger partial charge on any atom is 0.273 e. The average Bonchev–Trinajstić information content (AvgIpc) is 3.35. The monoisotopic (exact) mass is 669 g/mol. The van der Waals surface area contributed by atoms with Crippen LogP contribution in [0, 0.1) is 17.8 Å². The van der Waals surface area contributed by atoms with Gasteiger partial charge in [-0.25, -0.2) is 9.97 Å². The molecule has 2 aliphatic carbocycles. The lowest BCUT2D eigenvalue weighted by Crippen LogP contribution is -2.51. The minimum Gasteiger partial charge on any atom is -0.494 e. The number of carbonyl (C=O) groups excluding carboxylic acids is 2. The second-order valence-electron chi connectivity index (χ2n) is 13.7. The van der Waals surface area contributed by atoms with E-state index < -0.39 is 0 Å². The molecule has 2 N–H and O–H groups in total. The first-order valence-electron chi connectivity index (χ1n) is 16.5. The number of hydrogen-bond acceptors (Lipinski definition) is 7. The third kappa shape index (κ3) is 4.76. The average molecular weight is 670 g/mol. The van der Waals surface area contributed by atoms with Crippen LogP contribution in [0.1, 0.15) is 46.5 Å². The van der Waals surface area contributed by atoms with Gasteiger partial charge in [0.25, 0.3) is 11.8 Å². The number of amides is 2. The Balaban J connectivity index is 1.16. The van der Waals surface area contributed by atoms with Gasteiger partial charge in [0.15, 0.2) is 10.3 Å². The van der Waals surface area contributed by atoms with Crippen molar-refractivity contribution in [3.05, 3.63) is 63.6 Å². The highest BCUT2D eigenvalue weighted by molar-refractivity contribution is 7.14. The molecule has 3 aromatic heterocycles.